The van der Waals surface area contributed by atoms with Crippen LogP contribution in [0.1, 0.15) is 5.56 Å². The number of nitrogens with zero attached hydrogens (tertiary/aromatic N) is 1. The Kier molecular flexibility index (Phi) is 8.07. The van der Waals surface area contributed by atoms with Gasteiger partial charge in [-0.1, -0.05) is 0 Å². The number of nitriles is 1. The Morgan fingerprint density at radius 2 is 2.18 bits per heavy atom. The van der Waals surface area contributed by atoms with Gasteiger partial charge >= 0.3 is 23.1 Å². The van der Waals surface area contributed by atoms with E-state index in [0.29, 0.717) is 0 Å². The van der Waals surface area contributed by atoms with E-state index in [1.807, 2.05) is 0 Å². The van der Waals surface area contributed by atoms with Crippen LogP contribution in [0, 0.1) is 23.2 Å². The summed E-state index contributed by atoms with van der Waals surface area (Å²) in [5.74, 6) is -0.514. The Hall–Kier alpha value is -0.114. The van der Waals surface area contributed by atoms with E-state index in [4.69, 9.17) is 5.26 Å². The summed E-state index contributed by atoms with van der Waals surface area (Å²) >= 11 is 0. The summed E-state index contributed by atoms with van der Waals surface area (Å²) in [6, 6.07) is 8.23. The second-order valence-corrected chi connectivity index (χ2v) is 1.52. The molecule has 0 N–H and O–H groups in total. The van der Waals surface area contributed by atoms with Crippen LogP contribution in [0.5, 0.6) is 0 Å². The van der Waals surface area contributed by atoms with E-state index in [9.17, 15) is 4.39 Å². The van der Waals surface area contributed by atoms with E-state index in [1.165, 1.54) is 12.1 Å². The van der Waals surface area contributed by atoms with Crippen molar-refractivity contribution < 1.29 is 21.4 Å². The first-order valence-electron chi connectivity index (χ1n) is 2.40. The van der Waals surface area contributed by atoms with Crippen LogP contribution in [0.2, 0.25) is 0 Å². The average Bonchev–Trinajstić information content (AvgIpc) is 1.89. The van der Waals surface area contributed by atoms with Crippen LogP contribution in [0.15, 0.2) is 18.2 Å². The van der Waals surface area contributed by atoms with Gasteiger partial charge in [-0.3, -0.25) is 4.39 Å². The molecule has 0 saturated heterocycles. The molecule has 1 aromatic rings. The minimum atomic E-state index is -0.514. The standard InChI is InChI=1S/C7H3FN.BrH.Mg/c8-7-4-2-1-3-6(7)5-9;;/h1,3-4H;1H;/q-1;;+2/p-1. The summed E-state index contributed by atoms with van der Waals surface area (Å²) in [6.07, 6.45) is 0. The summed E-state index contributed by atoms with van der Waals surface area (Å²) in [6.45, 7) is 0. The zero-order chi connectivity index (χ0) is 6.69. The second kappa shape index (κ2) is 6.59. The van der Waals surface area contributed by atoms with Gasteiger partial charge in [0.2, 0.25) is 0 Å². The van der Waals surface area contributed by atoms with Gasteiger partial charge in [0.15, 0.2) is 0 Å². The van der Waals surface area contributed by atoms with Gasteiger partial charge < -0.3 is 17.0 Å². The minimum Gasteiger partial charge on any atom is -1.00 e. The predicted octanol–water partition coefficient (Wildman–Crippen LogP) is -1.88. The molecule has 0 aromatic heterocycles. The Bertz CT molecular complexity index is 259. The summed E-state index contributed by atoms with van der Waals surface area (Å²) in [4.78, 5) is 0. The van der Waals surface area contributed by atoms with Crippen molar-refractivity contribution in [1.82, 2.24) is 0 Å². The third kappa shape index (κ3) is 3.70. The van der Waals surface area contributed by atoms with Crippen LogP contribution in [-0.4, -0.2) is 23.1 Å². The van der Waals surface area contributed by atoms with Gasteiger partial charge in [0.05, 0.1) is 6.07 Å². The van der Waals surface area contributed by atoms with Crippen molar-refractivity contribution in [1.29, 1.82) is 5.26 Å². The van der Waals surface area contributed by atoms with E-state index < -0.39 is 5.82 Å². The molecule has 0 unspecified atom stereocenters. The van der Waals surface area contributed by atoms with Crippen molar-refractivity contribution in [3.63, 3.8) is 0 Å². The quantitative estimate of drug-likeness (QED) is 0.374. The Labute approximate surface area is 91.1 Å². The molecule has 0 saturated carbocycles. The molecule has 1 rings (SSSR count). The molecule has 0 radical (unpaired) electrons. The van der Waals surface area contributed by atoms with Crippen molar-refractivity contribution in [2.75, 3.05) is 0 Å². The maximum Gasteiger partial charge on any atom is 2.00 e. The van der Waals surface area contributed by atoms with Crippen LogP contribution in [-0.2, 0) is 0 Å². The maximum absolute atomic E-state index is 12.3. The number of benzene rings is 1. The van der Waals surface area contributed by atoms with Crippen molar-refractivity contribution in [2.45, 2.75) is 0 Å². The monoisotopic (exact) mass is 223 g/mol. The smallest absolute Gasteiger partial charge is 1.00 e. The molecule has 0 spiro atoms. The first-order valence-corrected chi connectivity index (χ1v) is 2.40. The first kappa shape index (κ1) is 13.5. The molecule has 1 aromatic carbocycles. The zero-order valence-corrected chi connectivity index (χ0v) is 8.64. The average molecular weight is 224 g/mol. The number of hydrogen-bond acceptors (Lipinski definition) is 1. The molecule has 0 fully saturated rings. The fourth-order valence-electron chi connectivity index (χ4n) is 0.501. The van der Waals surface area contributed by atoms with Crippen molar-refractivity contribution >= 4 is 23.1 Å². The van der Waals surface area contributed by atoms with Gasteiger partial charge in [0, 0.05) is 5.82 Å². The largest absolute Gasteiger partial charge is 2.00 e. The van der Waals surface area contributed by atoms with Crippen LogP contribution in [0.3, 0.4) is 0 Å². The maximum atomic E-state index is 12.3. The van der Waals surface area contributed by atoms with Gasteiger partial charge in [0.25, 0.3) is 0 Å². The Morgan fingerprint density at radius 1 is 1.55 bits per heavy atom. The molecule has 1 nitrogen and oxygen atoms in total. The molecular formula is C7H3BrFMgN. The minimum absolute atomic E-state index is 0. The summed E-state index contributed by atoms with van der Waals surface area (Å²) < 4.78 is 12.3. The summed E-state index contributed by atoms with van der Waals surface area (Å²) in [5, 5.41) is 8.21. The normalized spacial score (nSPS) is 6.91. The molecule has 0 bridgehead atoms. The molecule has 0 aliphatic carbocycles. The molecule has 11 heavy (non-hydrogen) atoms. The molecule has 4 heteroatoms. The van der Waals surface area contributed by atoms with Gasteiger partial charge in [-0.05, 0) is 5.56 Å². The summed E-state index contributed by atoms with van der Waals surface area (Å²) in [5.41, 5.74) is 0.0637. The molecular weight excluding hydrogens is 221 g/mol. The van der Waals surface area contributed by atoms with E-state index in [2.05, 4.69) is 6.07 Å². The Morgan fingerprint density at radius 3 is 2.55 bits per heavy atom. The Balaban J connectivity index is 0. The van der Waals surface area contributed by atoms with Gasteiger partial charge in [-0.25, -0.2) is 0 Å². The third-order valence-electron chi connectivity index (χ3n) is 0.934. The molecule has 0 heterocycles. The van der Waals surface area contributed by atoms with Gasteiger partial charge in [-0.15, -0.1) is 6.07 Å². The van der Waals surface area contributed by atoms with E-state index in [-0.39, 0.29) is 45.6 Å². The van der Waals surface area contributed by atoms with Crippen LogP contribution in [0.25, 0.3) is 0 Å². The summed E-state index contributed by atoms with van der Waals surface area (Å²) in [7, 11) is 0. The second-order valence-electron chi connectivity index (χ2n) is 1.52. The first-order chi connectivity index (χ1) is 4.34. The molecule has 0 aliphatic heterocycles. The fraction of sp³-hybridized carbons (Fsp3) is 0. The van der Waals surface area contributed by atoms with Crippen molar-refractivity contribution in [2.24, 2.45) is 0 Å². The van der Waals surface area contributed by atoms with E-state index in [0.717, 1.165) is 6.07 Å². The molecule has 52 valence electrons. The van der Waals surface area contributed by atoms with E-state index >= 15 is 0 Å². The SMILES string of the molecule is N#Cc1cc[c-]cc1F.[Br-].[Mg+2]. The third-order valence-corrected chi connectivity index (χ3v) is 0.934. The topological polar surface area (TPSA) is 23.8 Å². The molecule has 0 atom stereocenters. The van der Waals surface area contributed by atoms with Crippen molar-refractivity contribution in [3.05, 3.63) is 35.6 Å². The number of hydrogen-bond donors (Lipinski definition) is 0. The van der Waals surface area contributed by atoms with Gasteiger partial charge in [-0.2, -0.15) is 23.5 Å². The van der Waals surface area contributed by atoms with Crippen LogP contribution >= 0.6 is 0 Å². The predicted molar refractivity (Wildman–Crippen MR) is 35.7 cm³/mol. The number of rotatable bonds is 0. The molecule has 0 aliphatic rings. The zero-order valence-electron chi connectivity index (χ0n) is 5.64. The van der Waals surface area contributed by atoms with Crippen molar-refractivity contribution in [3.8, 4) is 6.07 Å². The fourth-order valence-corrected chi connectivity index (χ4v) is 0.501. The number of halogens is 2. The molecule has 0 amide bonds. The van der Waals surface area contributed by atoms with Crippen LogP contribution in [0.4, 0.5) is 4.39 Å². The van der Waals surface area contributed by atoms with E-state index in [1.54, 1.807) is 6.07 Å². The van der Waals surface area contributed by atoms with Gasteiger partial charge in [0.1, 0.15) is 0 Å². The van der Waals surface area contributed by atoms with Crippen LogP contribution < -0.4 is 17.0 Å².